The molecule has 1 aromatic heterocycles. The first kappa shape index (κ1) is 21.1. The highest BCUT2D eigenvalue weighted by molar-refractivity contribution is 14.0. The Morgan fingerprint density at radius 1 is 1.20 bits per heavy atom. The van der Waals surface area contributed by atoms with Gasteiger partial charge in [-0.2, -0.15) is 0 Å². The van der Waals surface area contributed by atoms with Crippen molar-refractivity contribution in [3.05, 3.63) is 42.5 Å². The van der Waals surface area contributed by atoms with Gasteiger partial charge in [0.2, 0.25) is 0 Å². The number of nitrogens with zero attached hydrogens (tertiary/aromatic N) is 3. The molecule has 138 valence electrons. The van der Waals surface area contributed by atoms with Crippen LogP contribution >= 0.6 is 24.0 Å². The van der Waals surface area contributed by atoms with E-state index in [0.717, 1.165) is 36.9 Å². The maximum absolute atomic E-state index is 5.32. The molecule has 0 unspecified atom stereocenters. The summed E-state index contributed by atoms with van der Waals surface area (Å²) < 4.78 is 12.6. The first-order valence-electron chi connectivity index (χ1n) is 7.95. The number of nitrogens with one attached hydrogen (secondary N) is 2. The fourth-order valence-electron chi connectivity index (χ4n) is 2.21. The third-order valence-electron chi connectivity index (χ3n) is 3.43. The lowest BCUT2D eigenvalue weighted by molar-refractivity contribution is 0.354. The monoisotopic (exact) mass is 459 g/mol. The fraction of sp³-hybridized carbons (Fsp3) is 0.412. The molecule has 0 aliphatic rings. The quantitative estimate of drug-likeness (QED) is 0.360. The molecule has 1 heterocycles. The van der Waals surface area contributed by atoms with E-state index in [9.17, 15) is 0 Å². The summed E-state index contributed by atoms with van der Waals surface area (Å²) in [7, 11) is 3.26. The molecule has 2 rings (SSSR count). The van der Waals surface area contributed by atoms with Crippen LogP contribution in [0.3, 0.4) is 0 Å². The van der Waals surface area contributed by atoms with E-state index < -0.39 is 0 Å². The van der Waals surface area contributed by atoms with Gasteiger partial charge in [0.15, 0.2) is 17.5 Å². The number of guanidine groups is 1. The van der Waals surface area contributed by atoms with E-state index in [4.69, 9.17) is 9.47 Å². The molecule has 0 aliphatic heterocycles. The Morgan fingerprint density at radius 2 is 2.00 bits per heavy atom. The van der Waals surface area contributed by atoms with E-state index in [1.165, 1.54) is 0 Å². The SMILES string of the molecule is CCNC(=NCc1ccc(OC)c(OC)c1)NCCn1ccnc1.I. The predicted molar refractivity (Wildman–Crippen MR) is 110 cm³/mol. The molecule has 2 N–H and O–H groups in total. The Balaban J connectivity index is 0.00000312. The molecule has 2 aromatic rings. The van der Waals surface area contributed by atoms with Crippen molar-refractivity contribution in [2.45, 2.75) is 20.0 Å². The van der Waals surface area contributed by atoms with Gasteiger partial charge in [-0.1, -0.05) is 6.07 Å². The van der Waals surface area contributed by atoms with Crippen LogP contribution in [0.4, 0.5) is 0 Å². The minimum absolute atomic E-state index is 0. The lowest BCUT2D eigenvalue weighted by Crippen LogP contribution is -2.38. The molecular weight excluding hydrogens is 433 g/mol. The number of methoxy groups -OCH3 is 2. The normalized spacial score (nSPS) is 10.8. The zero-order chi connectivity index (χ0) is 17.2. The number of imidazole rings is 1. The zero-order valence-electron chi connectivity index (χ0n) is 14.9. The van der Waals surface area contributed by atoms with Crippen LogP contribution in [0.1, 0.15) is 12.5 Å². The van der Waals surface area contributed by atoms with Crippen molar-refractivity contribution in [3.63, 3.8) is 0 Å². The minimum Gasteiger partial charge on any atom is -0.493 e. The Bertz CT molecular complexity index is 646. The molecule has 0 bridgehead atoms. The van der Waals surface area contributed by atoms with Gasteiger partial charge in [-0.3, -0.25) is 0 Å². The minimum atomic E-state index is 0. The first-order chi connectivity index (χ1) is 11.8. The van der Waals surface area contributed by atoms with E-state index in [-0.39, 0.29) is 24.0 Å². The topological polar surface area (TPSA) is 72.7 Å². The first-order valence-corrected chi connectivity index (χ1v) is 7.95. The van der Waals surface area contributed by atoms with Gasteiger partial charge < -0.3 is 24.7 Å². The van der Waals surface area contributed by atoms with Crippen LogP contribution in [-0.4, -0.2) is 42.8 Å². The lowest BCUT2D eigenvalue weighted by atomic mass is 10.2. The largest absolute Gasteiger partial charge is 0.493 e. The van der Waals surface area contributed by atoms with Crippen molar-refractivity contribution in [2.75, 3.05) is 27.3 Å². The summed E-state index contributed by atoms with van der Waals surface area (Å²) in [6.07, 6.45) is 5.51. The second kappa shape index (κ2) is 11.6. The van der Waals surface area contributed by atoms with Crippen LogP contribution < -0.4 is 20.1 Å². The number of hydrogen-bond donors (Lipinski definition) is 2. The molecule has 1 aromatic carbocycles. The molecule has 0 spiro atoms. The van der Waals surface area contributed by atoms with E-state index in [0.29, 0.717) is 12.3 Å². The average Bonchev–Trinajstić information content (AvgIpc) is 3.12. The van der Waals surface area contributed by atoms with Crippen LogP contribution in [0.2, 0.25) is 0 Å². The van der Waals surface area contributed by atoms with Gasteiger partial charge in [0.05, 0.1) is 27.1 Å². The summed E-state index contributed by atoms with van der Waals surface area (Å²) >= 11 is 0. The highest BCUT2D eigenvalue weighted by atomic mass is 127. The number of hydrogen-bond acceptors (Lipinski definition) is 4. The summed E-state index contributed by atoms with van der Waals surface area (Å²) in [5.74, 6) is 2.21. The number of ether oxygens (including phenoxy) is 2. The van der Waals surface area contributed by atoms with Gasteiger partial charge >= 0.3 is 0 Å². The van der Waals surface area contributed by atoms with Crippen molar-refractivity contribution < 1.29 is 9.47 Å². The molecule has 0 atom stereocenters. The third kappa shape index (κ3) is 6.81. The molecular formula is C17H26IN5O2. The molecule has 0 saturated heterocycles. The Hall–Kier alpha value is -1.97. The molecule has 0 fully saturated rings. The Kier molecular flexibility index (Phi) is 9.75. The van der Waals surface area contributed by atoms with Crippen molar-refractivity contribution in [1.82, 2.24) is 20.2 Å². The van der Waals surface area contributed by atoms with E-state index in [1.807, 2.05) is 35.9 Å². The predicted octanol–water partition coefficient (Wildman–Crippen LogP) is 2.27. The standard InChI is InChI=1S/C17H25N5O2.HI/c1-4-19-17(20-8-10-22-9-7-18-13-22)21-12-14-5-6-15(23-2)16(11-14)24-3;/h5-7,9,11,13H,4,8,10,12H2,1-3H3,(H2,19,20,21);1H. The number of aliphatic imine (C=N–C) groups is 1. The van der Waals surface area contributed by atoms with Crippen molar-refractivity contribution in [3.8, 4) is 11.5 Å². The van der Waals surface area contributed by atoms with Crippen molar-refractivity contribution in [2.24, 2.45) is 4.99 Å². The Morgan fingerprint density at radius 3 is 2.64 bits per heavy atom. The second-order valence-corrected chi connectivity index (χ2v) is 5.11. The smallest absolute Gasteiger partial charge is 0.191 e. The summed E-state index contributed by atoms with van der Waals surface area (Å²) in [5, 5.41) is 6.56. The van der Waals surface area contributed by atoms with Crippen LogP contribution in [0.25, 0.3) is 0 Å². The van der Waals surface area contributed by atoms with Gasteiger partial charge in [-0.15, -0.1) is 24.0 Å². The summed E-state index contributed by atoms with van der Waals surface area (Å²) in [6, 6.07) is 5.82. The number of benzene rings is 1. The second-order valence-electron chi connectivity index (χ2n) is 5.11. The van der Waals surface area contributed by atoms with Gasteiger partial charge in [-0.05, 0) is 24.6 Å². The van der Waals surface area contributed by atoms with Crippen LogP contribution in [0.15, 0.2) is 41.9 Å². The van der Waals surface area contributed by atoms with Crippen molar-refractivity contribution >= 4 is 29.9 Å². The molecule has 0 saturated carbocycles. The summed E-state index contributed by atoms with van der Waals surface area (Å²) in [4.78, 5) is 8.64. The molecule has 0 radical (unpaired) electrons. The van der Waals surface area contributed by atoms with Crippen LogP contribution in [0, 0.1) is 0 Å². The van der Waals surface area contributed by atoms with Crippen LogP contribution in [-0.2, 0) is 13.1 Å². The summed E-state index contributed by atoms with van der Waals surface area (Å²) in [6.45, 7) is 5.02. The number of aromatic nitrogens is 2. The fourth-order valence-corrected chi connectivity index (χ4v) is 2.21. The maximum Gasteiger partial charge on any atom is 0.191 e. The highest BCUT2D eigenvalue weighted by Gasteiger charge is 2.04. The summed E-state index contributed by atoms with van der Waals surface area (Å²) in [5.41, 5.74) is 1.06. The zero-order valence-corrected chi connectivity index (χ0v) is 17.2. The van der Waals surface area contributed by atoms with E-state index >= 15 is 0 Å². The Labute approximate surface area is 165 Å². The third-order valence-corrected chi connectivity index (χ3v) is 3.43. The average molecular weight is 459 g/mol. The van der Waals surface area contributed by atoms with Crippen LogP contribution in [0.5, 0.6) is 11.5 Å². The molecule has 25 heavy (non-hydrogen) atoms. The number of rotatable bonds is 8. The van der Waals surface area contributed by atoms with E-state index in [1.54, 1.807) is 26.7 Å². The molecule has 0 aliphatic carbocycles. The maximum atomic E-state index is 5.32. The van der Waals surface area contributed by atoms with Gasteiger partial charge in [0.1, 0.15) is 0 Å². The molecule has 7 nitrogen and oxygen atoms in total. The molecule has 8 heteroatoms. The van der Waals surface area contributed by atoms with Gasteiger partial charge in [0, 0.05) is 32.0 Å². The number of halogens is 1. The molecule has 0 amide bonds. The van der Waals surface area contributed by atoms with Gasteiger partial charge in [-0.25, -0.2) is 9.98 Å². The van der Waals surface area contributed by atoms with Crippen molar-refractivity contribution in [1.29, 1.82) is 0 Å². The highest BCUT2D eigenvalue weighted by Crippen LogP contribution is 2.27. The lowest BCUT2D eigenvalue weighted by Gasteiger charge is -2.12. The van der Waals surface area contributed by atoms with E-state index in [2.05, 4.69) is 20.6 Å². The van der Waals surface area contributed by atoms with Gasteiger partial charge in [0.25, 0.3) is 0 Å².